The highest BCUT2D eigenvalue weighted by atomic mass is 35.5. The molecule has 0 amide bonds. The van der Waals surface area contributed by atoms with Gasteiger partial charge in [-0.3, -0.25) is 0 Å². The van der Waals surface area contributed by atoms with Crippen LogP contribution in [-0.4, -0.2) is 27.2 Å². The van der Waals surface area contributed by atoms with Crippen molar-refractivity contribution in [3.05, 3.63) is 58.6 Å². The first-order valence-corrected chi connectivity index (χ1v) is 9.96. The predicted octanol–water partition coefficient (Wildman–Crippen LogP) is 3.92. The number of esters is 1. The number of benzene rings is 2. The van der Waals surface area contributed by atoms with Crippen molar-refractivity contribution in [2.75, 3.05) is 18.1 Å². The van der Waals surface area contributed by atoms with Gasteiger partial charge >= 0.3 is 12.1 Å². The van der Waals surface area contributed by atoms with Crippen LogP contribution in [0, 0.1) is 0 Å². The maximum absolute atomic E-state index is 12.7. The SMILES string of the molecule is CS(=O)(=O)Cc1ccc(NCC(=O)Oc2cc(C(F)(F)F)ccc2Cl)cc1. The zero-order valence-electron chi connectivity index (χ0n) is 14.0. The number of hydrogen-bond donors (Lipinski definition) is 1. The van der Waals surface area contributed by atoms with Crippen LogP contribution in [-0.2, 0) is 26.6 Å². The van der Waals surface area contributed by atoms with Crippen LogP contribution in [0.4, 0.5) is 18.9 Å². The van der Waals surface area contributed by atoms with E-state index in [1.54, 1.807) is 24.3 Å². The highest BCUT2D eigenvalue weighted by Gasteiger charge is 2.31. The third-order valence-electron chi connectivity index (χ3n) is 3.30. The minimum Gasteiger partial charge on any atom is -0.424 e. The minimum atomic E-state index is -4.59. The molecule has 0 bridgehead atoms. The lowest BCUT2D eigenvalue weighted by molar-refractivity contribution is -0.138. The Morgan fingerprint density at radius 2 is 1.78 bits per heavy atom. The lowest BCUT2D eigenvalue weighted by atomic mass is 10.2. The van der Waals surface area contributed by atoms with Crippen LogP contribution in [0.25, 0.3) is 0 Å². The van der Waals surface area contributed by atoms with E-state index in [0.717, 1.165) is 18.4 Å². The second kappa shape index (κ2) is 8.18. The van der Waals surface area contributed by atoms with Crippen LogP contribution in [0.2, 0.25) is 5.02 Å². The summed E-state index contributed by atoms with van der Waals surface area (Å²) in [4.78, 5) is 11.8. The van der Waals surface area contributed by atoms with E-state index in [9.17, 15) is 26.4 Å². The molecule has 0 fully saturated rings. The molecule has 1 N–H and O–H groups in total. The quantitative estimate of drug-likeness (QED) is 0.565. The van der Waals surface area contributed by atoms with E-state index in [1.807, 2.05) is 0 Å². The van der Waals surface area contributed by atoms with Gasteiger partial charge in [-0.25, -0.2) is 13.2 Å². The van der Waals surface area contributed by atoms with Gasteiger partial charge in [-0.1, -0.05) is 23.7 Å². The van der Waals surface area contributed by atoms with E-state index in [-0.39, 0.29) is 23.1 Å². The van der Waals surface area contributed by atoms with Crippen molar-refractivity contribution in [3.63, 3.8) is 0 Å². The first-order chi connectivity index (χ1) is 12.4. The number of ether oxygens (including phenoxy) is 1. The molecule has 2 aromatic carbocycles. The van der Waals surface area contributed by atoms with E-state index in [4.69, 9.17) is 16.3 Å². The average Bonchev–Trinajstić information content (AvgIpc) is 2.54. The fraction of sp³-hybridized carbons (Fsp3) is 0.235. The van der Waals surface area contributed by atoms with Gasteiger partial charge in [-0.05, 0) is 35.9 Å². The zero-order chi connectivity index (χ0) is 20.2. The van der Waals surface area contributed by atoms with Crippen LogP contribution < -0.4 is 10.1 Å². The van der Waals surface area contributed by atoms with E-state index >= 15 is 0 Å². The normalized spacial score (nSPS) is 11.9. The molecule has 0 aliphatic heterocycles. The van der Waals surface area contributed by atoms with Crippen molar-refractivity contribution in [1.29, 1.82) is 0 Å². The topological polar surface area (TPSA) is 72.5 Å². The van der Waals surface area contributed by atoms with Crippen LogP contribution in [0.15, 0.2) is 42.5 Å². The molecule has 2 rings (SSSR count). The minimum absolute atomic E-state index is 0.108. The summed E-state index contributed by atoms with van der Waals surface area (Å²) in [7, 11) is -3.16. The van der Waals surface area contributed by atoms with Crippen molar-refractivity contribution in [1.82, 2.24) is 0 Å². The van der Waals surface area contributed by atoms with Gasteiger partial charge in [-0.2, -0.15) is 13.2 Å². The third-order valence-corrected chi connectivity index (χ3v) is 4.47. The summed E-state index contributed by atoms with van der Waals surface area (Å²) >= 11 is 5.76. The van der Waals surface area contributed by atoms with E-state index in [0.29, 0.717) is 17.3 Å². The molecular formula is C17H15ClF3NO4S. The smallest absolute Gasteiger partial charge is 0.416 e. The van der Waals surface area contributed by atoms with Gasteiger partial charge in [0.2, 0.25) is 0 Å². The number of nitrogens with one attached hydrogen (secondary N) is 1. The van der Waals surface area contributed by atoms with Gasteiger partial charge in [0.05, 0.1) is 16.3 Å². The Labute approximate surface area is 159 Å². The predicted molar refractivity (Wildman–Crippen MR) is 95.6 cm³/mol. The Kier molecular flexibility index (Phi) is 6.38. The summed E-state index contributed by atoms with van der Waals surface area (Å²) in [6.07, 6.45) is -3.47. The summed E-state index contributed by atoms with van der Waals surface area (Å²) in [6.45, 7) is -0.321. The second-order valence-electron chi connectivity index (χ2n) is 5.74. The molecule has 0 heterocycles. The van der Waals surface area contributed by atoms with Gasteiger partial charge in [0, 0.05) is 11.9 Å². The molecule has 0 radical (unpaired) electrons. The molecule has 10 heteroatoms. The van der Waals surface area contributed by atoms with Crippen molar-refractivity contribution in [2.24, 2.45) is 0 Å². The Bertz CT molecular complexity index is 928. The summed E-state index contributed by atoms with van der Waals surface area (Å²) in [5, 5.41) is 2.61. The van der Waals surface area contributed by atoms with Crippen molar-refractivity contribution in [2.45, 2.75) is 11.9 Å². The lowest BCUT2D eigenvalue weighted by Gasteiger charge is -2.11. The number of alkyl halides is 3. The van der Waals surface area contributed by atoms with E-state index < -0.39 is 27.5 Å². The third kappa shape index (κ3) is 6.76. The van der Waals surface area contributed by atoms with Gasteiger partial charge in [-0.15, -0.1) is 0 Å². The molecule has 5 nitrogen and oxygen atoms in total. The van der Waals surface area contributed by atoms with E-state index in [2.05, 4.69) is 5.32 Å². The Balaban J connectivity index is 1.97. The molecule has 27 heavy (non-hydrogen) atoms. The number of anilines is 1. The molecule has 0 unspecified atom stereocenters. The Morgan fingerprint density at radius 1 is 1.15 bits per heavy atom. The molecule has 0 atom stereocenters. The zero-order valence-corrected chi connectivity index (χ0v) is 15.6. The first kappa shape index (κ1) is 21.0. The fourth-order valence-corrected chi connectivity index (χ4v) is 3.07. The maximum Gasteiger partial charge on any atom is 0.416 e. The molecule has 2 aromatic rings. The summed E-state index contributed by atoms with van der Waals surface area (Å²) in [5.74, 6) is -1.33. The Morgan fingerprint density at radius 3 is 2.33 bits per heavy atom. The molecule has 146 valence electrons. The molecule has 0 aromatic heterocycles. The summed E-state index contributed by atoms with van der Waals surface area (Å²) < 4.78 is 65.5. The number of carbonyl (C=O) groups excluding carboxylic acids is 1. The van der Waals surface area contributed by atoms with Crippen molar-refractivity contribution >= 4 is 33.1 Å². The summed E-state index contributed by atoms with van der Waals surface area (Å²) in [6, 6.07) is 8.75. The average molecular weight is 422 g/mol. The monoisotopic (exact) mass is 421 g/mol. The molecule has 0 aliphatic carbocycles. The number of halogens is 4. The van der Waals surface area contributed by atoms with Gasteiger partial charge in [0.25, 0.3) is 0 Å². The van der Waals surface area contributed by atoms with E-state index in [1.165, 1.54) is 0 Å². The Hall–Kier alpha value is -2.26. The molecule has 0 aliphatic rings. The fourth-order valence-electron chi connectivity index (χ4n) is 2.11. The molecule has 0 spiro atoms. The maximum atomic E-state index is 12.7. The highest BCUT2D eigenvalue weighted by molar-refractivity contribution is 7.89. The number of hydrogen-bond acceptors (Lipinski definition) is 5. The van der Waals surface area contributed by atoms with Crippen LogP contribution >= 0.6 is 11.6 Å². The van der Waals surface area contributed by atoms with Crippen molar-refractivity contribution < 1.29 is 31.1 Å². The first-order valence-electron chi connectivity index (χ1n) is 7.52. The summed E-state index contributed by atoms with van der Waals surface area (Å²) in [5.41, 5.74) is 0.116. The van der Waals surface area contributed by atoms with Crippen molar-refractivity contribution in [3.8, 4) is 5.75 Å². The number of rotatable bonds is 6. The second-order valence-corrected chi connectivity index (χ2v) is 8.28. The van der Waals surface area contributed by atoms with Gasteiger partial charge in [0.15, 0.2) is 9.84 Å². The number of carbonyl (C=O) groups is 1. The van der Waals surface area contributed by atoms with Gasteiger partial charge < -0.3 is 10.1 Å². The standard InChI is InChI=1S/C17H15ClF3NO4S/c1-27(24,25)10-11-2-5-13(6-3-11)22-9-16(23)26-15-8-12(17(19,20)21)4-7-14(15)18/h2-8,22H,9-10H2,1H3. The molecular weight excluding hydrogens is 407 g/mol. The lowest BCUT2D eigenvalue weighted by Crippen LogP contribution is -2.20. The molecule has 0 saturated heterocycles. The number of sulfone groups is 1. The largest absolute Gasteiger partial charge is 0.424 e. The molecule has 0 saturated carbocycles. The van der Waals surface area contributed by atoms with Crippen LogP contribution in [0.5, 0.6) is 5.75 Å². The van der Waals surface area contributed by atoms with Gasteiger partial charge in [0.1, 0.15) is 12.3 Å². The van der Waals surface area contributed by atoms with Crippen LogP contribution in [0.3, 0.4) is 0 Å². The van der Waals surface area contributed by atoms with Crippen LogP contribution in [0.1, 0.15) is 11.1 Å². The highest BCUT2D eigenvalue weighted by Crippen LogP contribution is 2.34.